The molecule has 1 unspecified atom stereocenters. The number of piperazine rings is 1. The van der Waals surface area contributed by atoms with E-state index in [4.69, 9.17) is 16.3 Å². The molecule has 0 bridgehead atoms. The molecule has 1 saturated heterocycles. The molecule has 0 aliphatic carbocycles. The highest BCUT2D eigenvalue weighted by molar-refractivity contribution is 7.70. The molecule has 12 heteroatoms. The van der Waals surface area contributed by atoms with Gasteiger partial charge in [-0.15, -0.1) is 0 Å². The Morgan fingerprint density at radius 2 is 1.93 bits per heavy atom. The number of hydrogen-bond donors (Lipinski definition) is 4. The number of hydrogen-bond acceptors (Lipinski definition) is 9. The first kappa shape index (κ1) is 29.7. The molecular formula is C28H37ClN7O3P. The normalized spacial score (nSPS) is 18.5. The van der Waals surface area contributed by atoms with Crippen LogP contribution in [-0.2, 0) is 9.36 Å². The molecule has 4 rings (SSSR count). The molecule has 1 fully saturated rings. The predicted octanol–water partition coefficient (Wildman–Crippen LogP) is 3.57. The van der Waals surface area contributed by atoms with Gasteiger partial charge in [0.25, 0.3) is 0 Å². The lowest BCUT2D eigenvalue weighted by atomic mass is 10.2. The maximum Gasteiger partial charge on any atom is 0.248 e. The molecule has 40 heavy (non-hydrogen) atoms. The number of anilines is 3. The smallest absolute Gasteiger partial charge is 0.248 e. The summed E-state index contributed by atoms with van der Waals surface area (Å²) in [6.45, 7) is 8.26. The van der Waals surface area contributed by atoms with Gasteiger partial charge in [0.15, 0.2) is 6.29 Å². The predicted molar refractivity (Wildman–Crippen MR) is 166 cm³/mol. The van der Waals surface area contributed by atoms with Gasteiger partial charge in [0.1, 0.15) is 18.7 Å². The molecule has 1 atom stereocenters. The zero-order chi connectivity index (χ0) is 28.7. The van der Waals surface area contributed by atoms with Crippen molar-refractivity contribution in [1.29, 1.82) is 0 Å². The number of ether oxygens (including phenoxy) is 1. The number of methoxy groups -OCH3 is 1. The Bertz CT molecular complexity index is 1350. The first-order valence-corrected chi connectivity index (χ1v) is 16.0. The third-order valence-corrected chi connectivity index (χ3v) is 8.43. The number of carbonyl (C=O) groups excluding carboxylic acids is 1. The number of likely N-dealkylation sites (N-methyl/N-ethyl adjacent to an activating group) is 1. The molecule has 0 aromatic heterocycles. The maximum absolute atomic E-state index is 12.8. The minimum Gasteiger partial charge on any atom is -0.495 e. The second-order valence-corrected chi connectivity index (χ2v) is 13.7. The van der Waals surface area contributed by atoms with E-state index in [1.807, 2.05) is 30.3 Å². The quantitative estimate of drug-likeness (QED) is 0.247. The van der Waals surface area contributed by atoms with Crippen LogP contribution < -0.4 is 31.3 Å². The van der Waals surface area contributed by atoms with E-state index in [9.17, 15) is 9.36 Å². The van der Waals surface area contributed by atoms with Gasteiger partial charge in [0.2, 0.25) is 5.91 Å². The first-order valence-electron chi connectivity index (χ1n) is 13.1. The van der Waals surface area contributed by atoms with E-state index in [-0.39, 0.29) is 5.91 Å². The van der Waals surface area contributed by atoms with Crippen molar-refractivity contribution < 1.29 is 14.1 Å². The number of amides is 1. The molecule has 4 N–H and O–H groups in total. The Morgan fingerprint density at radius 3 is 2.65 bits per heavy atom. The Hall–Kier alpha value is -3.30. The Kier molecular flexibility index (Phi) is 9.92. The number of nitrogens with zero attached hydrogens (tertiary/aromatic N) is 3. The van der Waals surface area contributed by atoms with Crippen molar-refractivity contribution in [2.75, 3.05) is 76.2 Å². The van der Waals surface area contributed by atoms with Crippen LogP contribution in [0.2, 0.25) is 0 Å². The van der Waals surface area contributed by atoms with Gasteiger partial charge in [-0.1, -0.05) is 29.8 Å². The van der Waals surface area contributed by atoms with Crippen molar-refractivity contribution in [3.8, 4) is 5.75 Å². The van der Waals surface area contributed by atoms with Crippen LogP contribution >= 0.6 is 18.7 Å². The minimum absolute atomic E-state index is 0.205. The number of halogens is 1. The third kappa shape index (κ3) is 8.11. The molecule has 0 spiro atoms. The zero-order valence-corrected chi connectivity index (χ0v) is 24.9. The first-order chi connectivity index (χ1) is 19.1. The van der Waals surface area contributed by atoms with E-state index in [0.717, 1.165) is 38.0 Å². The Morgan fingerprint density at radius 1 is 1.18 bits per heavy atom. The van der Waals surface area contributed by atoms with Crippen LogP contribution in [0.4, 0.5) is 17.1 Å². The van der Waals surface area contributed by atoms with Crippen LogP contribution in [0, 0.1) is 0 Å². The molecule has 1 amide bonds. The summed E-state index contributed by atoms with van der Waals surface area (Å²) in [5, 5.41) is 13.8. The largest absolute Gasteiger partial charge is 0.495 e. The van der Waals surface area contributed by atoms with Crippen molar-refractivity contribution in [1.82, 2.24) is 15.1 Å². The van der Waals surface area contributed by atoms with Gasteiger partial charge in [-0.25, -0.2) is 4.99 Å². The topological polar surface area (TPSA) is 110 Å². The van der Waals surface area contributed by atoms with E-state index in [1.165, 1.54) is 0 Å². The molecule has 0 radical (unpaired) electrons. The highest BCUT2D eigenvalue weighted by Gasteiger charge is 2.21. The Balaban J connectivity index is 1.39. The molecule has 2 aromatic rings. The van der Waals surface area contributed by atoms with E-state index in [0.29, 0.717) is 33.7 Å². The van der Waals surface area contributed by atoms with E-state index in [1.54, 1.807) is 50.9 Å². The van der Waals surface area contributed by atoms with Crippen molar-refractivity contribution in [2.45, 2.75) is 6.29 Å². The van der Waals surface area contributed by atoms with E-state index in [2.05, 4.69) is 43.1 Å². The van der Waals surface area contributed by atoms with Crippen LogP contribution in [0.5, 0.6) is 5.75 Å². The number of nitrogens with one attached hydrogen (secondary N) is 4. The summed E-state index contributed by atoms with van der Waals surface area (Å²) in [6, 6.07) is 12.8. The standard InChI is InChI=1S/C28H37ClN7O3P/c1-35-14-16-36(17-15-35)13-7-10-26(37)31-20-11-12-24(39-2)23(18-20)33-28-30-19-21(29)27(34-28)32-22-8-5-6-9-25(22)40(3,4)38/h5-12,18-19,28,32-34H,13-17H2,1-4H3,(H,31,37)/b10-7+. The van der Waals surface area contributed by atoms with E-state index >= 15 is 0 Å². The summed E-state index contributed by atoms with van der Waals surface area (Å²) in [6.07, 6.45) is 4.41. The highest BCUT2D eigenvalue weighted by atomic mass is 35.5. The molecule has 2 heterocycles. The van der Waals surface area contributed by atoms with Gasteiger partial charge in [0.05, 0.1) is 23.5 Å². The highest BCUT2D eigenvalue weighted by Crippen LogP contribution is 2.38. The average Bonchev–Trinajstić information content (AvgIpc) is 2.91. The molecule has 2 aromatic carbocycles. The summed E-state index contributed by atoms with van der Waals surface area (Å²) in [5.41, 5.74) is 1.94. The fourth-order valence-corrected chi connectivity index (χ4v) is 5.68. The molecule has 10 nitrogen and oxygen atoms in total. The van der Waals surface area contributed by atoms with Gasteiger partial charge >= 0.3 is 0 Å². The third-order valence-electron chi connectivity index (χ3n) is 6.59. The van der Waals surface area contributed by atoms with Gasteiger partial charge in [0, 0.05) is 56.0 Å². The van der Waals surface area contributed by atoms with Crippen LogP contribution in [-0.4, -0.2) is 88.4 Å². The van der Waals surface area contributed by atoms with E-state index < -0.39 is 13.4 Å². The van der Waals surface area contributed by atoms with Crippen LogP contribution in [0.3, 0.4) is 0 Å². The maximum atomic E-state index is 12.8. The molecule has 214 valence electrons. The van der Waals surface area contributed by atoms with Crippen molar-refractivity contribution >= 4 is 53.2 Å². The molecule has 0 saturated carbocycles. The molecule has 2 aliphatic rings. The van der Waals surface area contributed by atoms with Gasteiger partial charge in [-0.3, -0.25) is 9.69 Å². The zero-order valence-electron chi connectivity index (χ0n) is 23.3. The summed E-state index contributed by atoms with van der Waals surface area (Å²) >= 11 is 6.43. The number of rotatable bonds is 10. The summed E-state index contributed by atoms with van der Waals surface area (Å²) < 4.78 is 18.3. The summed E-state index contributed by atoms with van der Waals surface area (Å²) in [7, 11) is 1.17. The number of carbonyl (C=O) groups is 1. The van der Waals surface area contributed by atoms with Crippen LogP contribution in [0.1, 0.15) is 0 Å². The lowest BCUT2D eigenvalue weighted by molar-refractivity contribution is -0.111. The van der Waals surface area contributed by atoms with Gasteiger partial charge < -0.3 is 35.5 Å². The fourth-order valence-electron chi connectivity index (χ4n) is 4.37. The number of benzene rings is 2. The lowest BCUT2D eigenvalue weighted by Gasteiger charge is -2.31. The molecular weight excluding hydrogens is 549 g/mol. The van der Waals surface area contributed by atoms with Crippen molar-refractivity contribution in [2.24, 2.45) is 4.99 Å². The summed E-state index contributed by atoms with van der Waals surface area (Å²) in [5.74, 6) is 0.894. The van der Waals surface area contributed by atoms with Gasteiger partial charge in [-0.2, -0.15) is 0 Å². The fraction of sp³-hybridized carbons (Fsp3) is 0.357. The number of allylic oxidation sites excluding steroid dienone is 1. The number of aliphatic imine (C=N–C) groups is 1. The molecule has 2 aliphatic heterocycles. The van der Waals surface area contributed by atoms with Crippen LogP contribution in [0.25, 0.3) is 0 Å². The Labute approximate surface area is 240 Å². The monoisotopic (exact) mass is 585 g/mol. The number of para-hydroxylation sites is 1. The van der Waals surface area contributed by atoms with Gasteiger partial charge in [-0.05, 0) is 50.7 Å². The second-order valence-electron chi connectivity index (χ2n) is 10.1. The SMILES string of the molecule is COc1ccc(NC(=O)/C=C/CN2CCN(C)CC2)cc1NC1N=CC(Cl)=C(Nc2ccccc2P(C)(C)=O)N1. The minimum atomic E-state index is -2.52. The van der Waals surface area contributed by atoms with Crippen molar-refractivity contribution in [3.63, 3.8) is 0 Å². The average molecular weight is 586 g/mol. The summed E-state index contributed by atoms with van der Waals surface area (Å²) in [4.78, 5) is 21.6. The van der Waals surface area contributed by atoms with Crippen molar-refractivity contribution in [3.05, 3.63) is 65.5 Å². The lowest BCUT2D eigenvalue weighted by Crippen LogP contribution is -2.44. The second kappa shape index (κ2) is 13.4. The van der Waals surface area contributed by atoms with Crippen LogP contribution in [0.15, 0.2) is 70.5 Å².